The summed E-state index contributed by atoms with van der Waals surface area (Å²) in [6, 6.07) is 13.4. The van der Waals surface area contributed by atoms with Crippen LogP contribution in [0.1, 0.15) is 30.6 Å². The van der Waals surface area contributed by atoms with Crippen molar-refractivity contribution in [3.8, 4) is 11.1 Å². The number of benzene rings is 3. The molecule has 0 saturated heterocycles. The number of aryl methyl sites for hydroxylation is 1. The first-order chi connectivity index (χ1) is 16.8. The molecule has 0 unspecified atom stereocenters. The number of furan rings is 1. The van der Waals surface area contributed by atoms with Crippen molar-refractivity contribution in [3.05, 3.63) is 88.4 Å². The largest absolute Gasteiger partial charge is 0.459 e. The van der Waals surface area contributed by atoms with Gasteiger partial charge in [0.2, 0.25) is 0 Å². The number of hydrogen-bond acceptors (Lipinski definition) is 2. The zero-order valence-electron chi connectivity index (χ0n) is 18.9. The van der Waals surface area contributed by atoms with Gasteiger partial charge >= 0.3 is 6.03 Å². The van der Waals surface area contributed by atoms with Gasteiger partial charge in [0.1, 0.15) is 22.8 Å². The van der Waals surface area contributed by atoms with Gasteiger partial charge in [-0.3, -0.25) is 0 Å². The summed E-state index contributed by atoms with van der Waals surface area (Å²) in [5, 5.41) is 3.79. The number of carbonyl (C=O) groups is 1. The number of nitrogens with one attached hydrogen (secondary N) is 1. The maximum Gasteiger partial charge on any atom is 0.322 e. The van der Waals surface area contributed by atoms with Crippen LogP contribution in [-0.4, -0.2) is 17.0 Å². The fourth-order valence-corrected chi connectivity index (χ4v) is 4.49. The minimum Gasteiger partial charge on any atom is -0.459 e. The van der Waals surface area contributed by atoms with Crippen LogP contribution >= 0.6 is 11.6 Å². The molecular formula is C27H22ClF3N2O2. The second-order valence-corrected chi connectivity index (χ2v) is 9.23. The highest BCUT2D eigenvalue weighted by Crippen LogP contribution is 2.38. The van der Waals surface area contributed by atoms with E-state index in [0.717, 1.165) is 41.3 Å². The average molecular weight is 499 g/mol. The third-order valence-corrected chi connectivity index (χ3v) is 6.63. The third-order valence-electron chi connectivity index (χ3n) is 6.38. The van der Waals surface area contributed by atoms with E-state index in [1.54, 1.807) is 12.1 Å². The van der Waals surface area contributed by atoms with Crippen molar-refractivity contribution in [2.75, 3.05) is 5.32 Å². The number of urea groups is 1. The van der Waals surface area contributed by atoms with Crippen LogP contribution in [0.3, 0.4) is 0 Å². The molecule has 4 aromatic rings. The van der Waals surface area contributed by atoms with E-state index in [1.807, 2.05) is 37.3 Å². The summed E-state index contributed by atoms with van der Waals surface area (Å²) in [5.41, 5.74) is 2.74. The summed E-state index contributed by atoms with van der Waals surface area (Å²) in [6.45, 7) is 2.07. The number of anilines is 1. The maximum atomic E-state index is 14.2. The Morgan fingerprint density at radius 3 is 2.37 bits per heavy atom. The van der Waals surface area contributed by atoms with Crippen LogP contribution in [0.25, 0.3) is 22.1 Å². The van der Waals surface area contributed by atoms with E-state index in [4.69, 9.17) is 16.0 Å². The molecule has 1 N–H and O–H groups in total. The Kier molecular flexibility index (Phi) is 6.19. The fraction of sp³-hybridized carbons (Fsp3) is 0.222. The number of carbonyl (C=O) groups excluding carboxylic acids is 1. The number of halogens is 4. The van der Waals surface area contributed by atoms with Gasteiger partial charge in [-0.25, -0.2) is 18.0 Å². The first-order valence-electron chi connectivity index (χ1n) is 11.3. The molecule has 1 aliphatic rings. The molecule has 0 spiro atoms. The summed E-state index contributed by atoms with van der Waals surface area (Å²) in [4.78, 5) is 14.8. The Balaban J connectivity index is 1.54. The minimum absolute atomic E-state index is 0.0899. The molecule has 35 heavy (non-hydrogen) atoms. The predicted octanol–water partition coefficient (Wildman–Crippen LogP) is 8.07. The molecule has 1 heterocycles. The summed E-state index contributed by atoms with van der Waals surface area (Å²) in [6.07, 6.45) is 2.46. The van der Waals surface area contributed by atoms with Gasteiger partial charge in [0, 0.05) is 34.1 Å². The SMILES string of the molecule is Cc1ccc2oc(CN(C(=O)Nc3c(F)cc(F)cc3F)C3CCC3)c(-c3ccc(Cl)cc3)c2c1. The molecule has 0 bridgehead atoms. The van der Waals surface area contributed by atoms with Gasteiger partial charge in [-0.05, 0) is 56.0 Å². The highest BCUT2D eigenvalue weighted by Gasteiger charge is 2.32. The standard InChI is InChI=1S/C27H22ClF3N2O2/c1-15-5-10-23-20(11-15)25(16-6-8-17(28)9-7-16)24(35-23)14-33(19-3-2-4-19)27(34)32-26-21(30)12-18(29)13-22(26)31/h5-13,19H,2-4,14H2,1H3,(H,32,34). The zero-order valence-corrected chi connectivity index (χ0v) is 19.6. The molecule has 180 valence electrons. The molecule has 1 fully saturated rings. The van der Waals surface area contributed by atoms with E-state index in [0.29, 0.717) is 28.5 Å². The minimum atomic E-state index is -1.18. The molecule has 0 radical (unpaired) electrons. The lowest BCUT2D eigenvalue weighted by atomic mass is 9.91. The summed E-state index contributed by atoms with van der Waals surface area (Å²) >= 11 is 6.09. The molecular weight excluding hydrogens is 477 g/mol. The van der Waals surface area contributed by atoms with Crippen LogP contribution < -0.4 is 5.32 Å². The Hall–Kier alpha value is -3.45. The number of rotatable bonds is 5. The maximum absolute atomic E-state index is 14.2. The summed E-state index contributed by atoms with van der Waals surface area (Å²) in [7, 11) is 0. The number of hydrogen-bond donors (Lipinski definition) is 1. The first-order valence-corrected chi connectivity index (χ1v) is 11.7. The highest BCUT2D eigenvalue weighted by molar-refractivity contribution is 6.30. The van der Waals surface area contributed by atoms with Crippen molar-refractivity contribution >= 4 is 34.3 Å². The van der Waals surface area contributed by atoms with Crippen LogP contribution in [0.15, 0.2) is 59.0 Å². The van der Waals surface area contributed by atoms with Crippen LogP contribution in [-0.2, 0) is 6.54 Å². The Labute approximate surface area is 205 Å². The van der Waals surface area contributed by atoms with Gasteiger partial charge in [0.25, 0.3) is 0 Å². The Morgan fingerprint density at radius 1 is 1.06 bits per heavy atom. The van der Waals surface area contributed by atoms with Crippen molar-refractivity contribution in [2.24, 2.45) is 0 Å². The molecule has 8 heteroatoms. The lowest BCUT2D eigenvalue weighted by Gasteiger charge is -2.37. The third kappa shape index (κ3) is 4.60. The van der Waals surface area contributed by atoms with Crippen LogP contribution in [0.4, 0.5) is 23.7 Å². The molecule has 3 aromatic carbocycles. The van der Waals surface area contributed by atoms with Gasteiger partial charge in [0.15, 0.2) is 11.6 Å². The second-order valence-electron chi connectivity index (χ2n) is 8.79. The van der Waals surface area contributed by atoms with E-state index < -0.39 is 29.2 Å². The van der Waals surface area contributed by atoms with Gasteiger partial charge in [-0.1, -0.05) is 35.4 Å². The average Bonchev–Trinajstić information content (AvgIpc) is 3.12. The van der Waals surface area contributed by atoms with E-state index in [1.165, 1.54) is 4.90 Å². The highest BCUT2D eigenvalue weighted by atomic mass is 35.5. The number of nitrogens with zero attached hydrogens (tertiary/aromatic N) is 1. The second kappa shape index (κ2) is 9.30. The van der Waals surface area contributed by atoms with E-state index in [9.17, 15) is 18.0 Å². The van der Waals surface area contributed by atoms with Crippen molar-refractivity contribution in [2.45, 2.75) is 38.8 Å². The van der Waals surface area contributed by atoms with Gasteiger partial charge in [-0.15, -0.1) is 0 Å². The van der Waals surface area contributed by atoms with Crippen molar-refractivity contribution in [3.63, 3.8) is 0 Å². The lowest BCUT2D eigenvalue weighted by molar-refractivity contribution is 0.138. The van der Waals surface area contributed by atoms with E-state index in [2.05, 4.69) is 5.32 Å². The predicted molar refractivity (Wildman–Crippen MR) is 130 cm³/mol. The molecule has 2 amide bonds. The molecule has 1 aromatic heterocycles. The van der Waals surface area contributed by atoms with Crippen molar-refractivity contribution in [1.29, 1.82) is 0 Å². The molecule has 1 saturated carbocycles. The van der Waals surface area contributed by atoms with E-state index >= 15 is 0 Å². The van der Waals surface area contributed by atoms with Crippen LogP contribution in [0.2, 0.25) is 5.02 Å². The normalized spacial score (nSPS) is 13.6. The quantitative estimate of drug-likeness (QED) is 0.302. The van der Waals surface area contributed by atoms with E-state index in [-0.39, 0.29) is 12.6 Å². The number of fused-ring (bicyclic) bond motifs is 1. The first kappa shape index (κ1) is 23.3. The topological polar surface area (TPSA) is 45.5 Å². The van der Waals surface area contributed by atoms with Gasteiger partial charge < -0.3 is 14.6 Å². The van der Waals surface area contributed by atoms with Gasteiger partial charge in [0.05, 0.1) is 6.54 Å². The van der Waals surface area contributed by atoms with Crippen LogP contribution in [0, 0.1) is 24.4 Å². The van der Waals surface area contributed by atoms with Crippen molar-refractivity contribution < 1.29 is 22.4 Å². The molecule has 4 nitrogen and oxygen atoms in total. The number of amides is 2. The smallest absolute Gasteiger partial charge is 0.322 e. The van der Waals surface area contributed by atoms with Gasteiger partial charge in [-0.2, -0.15) is 0 Å². The molecule has 1 aliphatic carbocycles. The molecule has 0 aliphatic heterocycles. The zero-order chi connectivity index (χ0) is 24.7. The summed E-state index contributed by atoms with van der Waals surface area (Å²) < 4.78 is 47.9. The Morgan fingerprint density at radius 2 is 1.74 bits per heavy atom. The monoisotopic (exact) mass is 498 g/mol. The molecule has 5 rings (SSSR count). The Bertz CT molecular complexity index is 1390. The fourth-order valence-electron chi connectivity index (χ4n) is 4.37. The van der Waals surface area contributed by atoms with Crippen molar-refractivity contribution in [1.82, 2.24) is 4.90 Å². The molecule has 0 atom stereocenters. The summed E-state index contributed by atoms with van der Waals surface area (Å²) in [5.74, 6) is -2.86. The van der Waals surface area contributed by atoms with Crippen LogP contribution in [0.5, 0.6) is 0 Å². The lowest BCUT2D eigenvalue weighted by Crippen LogP contribution is -2.46.